The van der Waals surface area contributed by atoms with E-state index in [-0.39, 0.29) is 23.4 Å². The average Bonchev–Trinajstić information content (AvgIpc) is 2.95. The Kier molecular flexibility index (Phi) is 4.36. The second kappa shape index (κ2) is 6.68. The molecule has 1 spiro atoms. The molecule has 6 nitrogen and oxygen atoms in total. The third-order valence-electron chi connectivity index (χ3n) is 5.57. The Morgan fingerprint density at radius 2 is 2.12 bits per heavy atom. The summed E-state index contributed by atoms with van der Waals surface area (Å²) in [4.78, 5) is 29.5. The molecule has 4 rings (SSSR count). The smallest absolute Gasteiger partial charge is 0.312 e. The Balaban J connectivity index is 1.47. The van der Waals surface area contributed by atoms with Gasteiger partial charge in [-0.3, -0.25) is 14.6 Å². The summed E-state index contributed by atoms with van der Waals surface area (Å²) in [7, 11) is 0. The highest BCUT2D eigenvalue weighted by molar-refractivity contribution is 6.07. The van der Waals surface area contributed by atoms with Crippen molar-refractivity contribution >= 4 is 22.8 Å². The number of aryl methyl sites for hydroxylation is 1. The van der Waals surface area contributed by atoms with Crippen LogP contribution < -0.4 is 10.6 Å². The number of nitrogens with zero attached hydrogens (tertiary/aromatic N) is 1. The predicted molar refractivity (Wildman–Crippen MR) is 97.8 cm³/mol. The van der Waals surface area contributed by atoms with Gasteiger partial charge >= 0.3 is 5.97 Å². The summed E-state index contributed by atoms with van der Waals surface area (Å²) in [6.45, 7) is 3.91. The van der Waals surface area contributed by atoms with Gasteiger partial charge in [-0.25, -0.2) is 0 Å². The van der Waals surface area contributed by atoms with Crippen LogP contribution in [-0.2, 0) is 9.53 Å². The van der Waals surface area contributed by atoms with Gasteiger partial charge in [0.15, 0.2) is 0 Å². The van der Waals surface area contributed by atoms with Gasteiger partial charge in [0.1, 0.15) is 6.10 Å². The van der Waals surface area contributed by atoms with Crippen LogP contribution >= 0.6 is 0 Å². The van der Waals surface area contributed by atoms with Gasteiger partial charge in [-0.05, 0) is 44.5 Å². The summed E-state index contributed by atoms with van der Waals surface area (Å²) in [6.07, 6.45) is 3.77. The van der Waals surface area contributed by atoms with E-state index in [2.05, 4.69) is 15.6 Å². The number of ether oxygens (including phenoxy) is 1. The standard InChI is InChI=1S/C20H23N3O3/c1-13-11-22-16-5-3-2-4-15(16)17(13)18(24)23-12-14-10-20(19(25)26-14)6-8-21-9-7-20/h2-5,11,14,21H,6-10,12H2,1H3,(H,23,24). The number of amides is 1. The lowest BCUT2D eigenvalue weighted by atomic mass is 9.76. The first-order chi connectivity index (χ1) is 12.6. The van der Waals surface area contributed by atoms with Crippen molar-refractivity contribution in [2.45, 2.75) is 32.3 Å². The summed E-state index contributed by atoms with van der Waals surface area (Å²) in [6, 6.07) is 7.61. The molecule has 2 aliphatic rings. The highest BCUT2D eigenvalue weighted by Crippen LogP contribution is 2.41. The van der Waals surface area contributed by atoms with Crippen LogP contribution in [0.15, 0.2) is 30.5 Å². The molecule has 1 aromatic carbocycles. The van der Waals surface area contributed by atoms with Crippen molar-refractivity contribution in [2.24, 2.45) is 5.41 Å². The summed E-state index contributed by atoms with van der Waals surface area (Å²) < 4.78 is 5.56. The molecule has 0 saturated carbocycles. The minimum Gasteiger partial charge on any atom is -0.460 e. The topological polar surface area (TPSA) is 80.3 Å². The molecule has 2 saturated heterocycles. The number of cyclic esters (lactones) is 1. The van der Waals surface area contributed by atoms with Crippen molar-refractivity contribution in [2.75, 3.05) is 19.6 Å². The molecular weight excluding hydrogens is 330 g/mol. The van der Waals surface area contributed by atoms with Crippen molar-refractivity contribution in [3.8, 4) is 0 Å². The molecule has 1 aromatic heterocycles. The maximum atomic E-state index is 12.8. The summed E-state index contributed by atoms with van der Waals surface area (Å²) in [5.74, 6) is -0.257. The first-order valence-electron chi connectivity index (χ1n) is 9.13. The predicted octanol–water partition coefficient (Wildman–Crippen LogP) is 1.96. The second-order valence-electron chi connectivity index (χ2n) is 7.31. The van der Waals surface area contributed by atoms with Gasteiger partial charge in [-0.1, -0.05) is 18.2 Å². The van der Waals surface area contributed by atoms with E-state index in [1.165, 1.54) is 0 Å². The van der Waals surface area contributed by atoms with E-state index < -0.39 is 0 Å². The summed E-state index contributed by atoms with van der Waals surface area (Å²) in [5.41, 5.74) is 1.90. The fraction of sp³-hybridized carbons (Fsp3) is 0.450. The number of piperidine rings is 1. The third kappa shape index (κ3) is 2.94. The van der Waals surface area contributed by atoms with Gasteiger partial charge in [-0.15, -0.1) is 0 Å². The fourth-order valence-electron chi connectivity index (χ4n) is 4.10. The zero-order valence-electron chi connectivity index (χ0n) is 14.9. The summed E-state index contributed by atoms with van der Waals surface area (Å²) in [5, 5.41) is 7.08. The van der Waals surface area contributed by atoms with Crippen LogP contribution in [0.3, 0.4) is 0 Å². The van der Waals surface area contributed by atoms with E-state index in [0.29, 0.717) is 18.5 Å². The van der Waals surface area contributed by atoms with Crippen LogP contribution in [0.1, 0.15) is 35.2 Å². The molecule has 0 aliphatic carbocycles. The largest absolute Gasteiger partial charge is 0.460 e. The molecule has 2 aromatic rings. The zero-order valence-corrected chi connectivity index (χ0v) is 14.9. The van der Waals surface area contributed by atoms with Gasteiger partial charge in [-0.2, -0.15) is 0 Å². The Bertz CT molecular complexity index is 859. The SMILES string of the molecule is Cc1cnc2ccccc2c1C(=O)NCC1CC2(CCNCC2)C(=O)O1. The molecule has 2 N–H and O–H groups in total. The monoisotopic (exact) mass is 353 g/mol. The number of hydrogen-bond acceptors (Lipinski definition) is 5. The van der Waals surface area contributed by atoms with Crippen molar-refractivity contribution < 1.29 is 14.3 Å². The molecule has 26 heavy (non-hydrogen) atoms. The van der Waals surface area contributed by atoms with Crippen molar-refractivity contribution in [3.05, 3.63) is 41.6 Å². The van der Waals surface area contributed by atoms with E-state index >= 15 is 0 Å². The van der Waals surface area contributed by atoms with Crippen LogP contribution in [-0.4, -0.2) is 42.6 Å². The number of pyridine rings is 1. The lowest BCUT2D eigenvalue weighted by Gasteiger charge is -2.29. The molecule has 3 heterocycles. The molecule has 136 valence electrons. The van der Waals surface area contributed by atoms with E-state index in [1.54, 1.807) is 6.20 Å². The lowest BCUT2D eigenvalue weighted by molar-refractivity contribution is -0.149. The van der Waals surface area contributed by atoms with E-state index in [9.17, 15) is 9.59 Å². The molecule has 1 atom stereocenters. The summed E-state index contributed by atoms with van der Waals surface area (Å²) >= 11 is 0. The molecule has 0 bridgehead atoms. The Hall–Kier alpha value is -2.47. The van der Waals surface area contributed by atoms with Gasteiger partial charge in [0.05, 0.1) is 23.0 Å². The van der Waals surface area contributed by atoms with Gasteiger partial charge in [0.25, 0.3) is 5.91 Å². The quantitative estimate of drug-likeness (QED) is 0.825. The maximum absolute atomic E-state index is 12.8. The molecule has 2 fully saturated rings. The molecule has 1 unspecified atom stereocenters. The highest BCUT2D eigenvalue weighted by Gasteiger charge is 2.49. The molecule has 6 heteroatoms. The van der Waals surface area contributed by atoms with Crippen LogP contribution in [0, 0.1) is 12.3 Å². The number of para-hydroxylation sites is 1. The minimum atomic E-state index is -0.361. The number of fused-ring (bicyclic) bond motifs is 1. The molecular formula is C20H23N3O3. The van der Waals surface area contributed by atoms with E-state index in [0.717, 1.165) is 42.4 Å². The normalized spacial score (nSPS) is 21.7. The number of aromatic nitrogens is 1. The second-order valence-corrected chi connectivity index (χ2v) is 7.31. The number of carbonyl (C=O) groups is 2. The fourth-order valence-corrected chi connectivity index (χ4v) is 4.10. The zero-order chi connectivity index (χ0) is 18.1. The average molecular weight is 353 g/mol. The Morgan fingerprint density at radius 1 is 1.35 bits per heavy atom. The van der Waals surface area contributed by atoms with E-state index in [1.807, 2.05) is 31.2 Å². The first-order valence-corrected chi connectivity index (χ1v) is 9.13. The van der Waals surface area contributed by atoms with Crippen LogP contribution in [0.25, 0.3) is 10.9 Å². The van der Waals surface area contributed by atoms with Crippen LogP contribution in [0.2, 0.25) is 0 Å². The number of carbonyl (C=O) groups excluding carboxylic acids is 2. The van der Waals surface area contributed by atoms with E-state index in [4.69, 9.17) is 4.74 Å². The lowest BCUT2D eigenvalue weighted by Crippen LogP contribution is -2.39. The van der Waals surface area contributed by atoms with Gasteiger partial charge < -0.3 is 15.4 Å². The van der Waals surface area contributed by atoms with Crippen LogP contribution in [0.5, 0.6) is 0 Å². The van der Waals surface area contributed by atoms with Crippen molar-refractivity contribution in [3.63, 3.8) is 0 Å². The van der Waals surface area contributed by atoms with Gasteiger partial charge in [0.2, 0.25) is 0 Å². The third-order valence-corrected chi connectivity index (χ3v) is 5.57. The van der Waals surface area contributed by atoms with Crippen molar-refractivity contribution in [1.82, 2.24) is 15.6 Å². The Morgan fingerprint density at radius 3 is 2.92 bits per heavy atom. The van der Waals surface area contributed by atoms with Crippen LogP contribution in [0.4, 0.5) is 0 Å². The molecule has 0 radical (unpaired) electrons. The Labute approximate surface area is 152 Å². The number of benzene rings is 1. The number of nitrogens with one attached hydrogen (secondary N) is 2. The minimum absolute atomic E-state index is 0.108. The number of hydrogen-bond donors (Lipinski definition) is 2. The first kappa shape index (κ1) is 17.0. The number of rotatable bonds is 3. The van der Waals surface area contributed by atoms with Gasteiger partial charge in [0, 0.05) is 18.0 Å². The number of esters is 1. The molecule has 1 amide bonds. The maximum Gasteiger partial charge on any atom is 0.312 e. The van der Waals surface area contributed by atoms with Crippen molar-refractivity contribution in [1.29, 1.82) is 0 Å². The highest BCUT2D eigenvalue weighted by atomic mass is 16.6. The molecule has 2 aliphatic heterocycles.